The van der Waals surface area contributed by atoms with Crippen molar-refractivity contribution in [1.29, 1.82) is 5.26 Å². The van der Waals surface area contributed by atoms with E-state index in [9.17, 15) is 5.26 Å². The molecule has 4 rings (SSSR count). The number of ether oxygens (including phenoxy) is 2. The highest BCUT2D eigenvalue weighted by Crippen LogP contribution is 2.39. The number of aromatic nitrogens is 3. The van der Waals surface area contributed by atoms with E-state index < -0.39 is 0 Å². The molecule has 1 aliphatic heterocycles. The van der Waals surface area contributed by atoms with Gasteiger partial charge in [0.1, 0.15) is 30.7 Å². The second kappa shape index (κ2) is 6.65. The molecule has 3 aromatic rings. The van der Waals surface area contributed by atoms with Crippen LogP contribution in [0.25, 0.3) is 22.5 Å². The summed E-state index contributed by atoms with van der Waals surface area (Å²) in [4.78, 5) is 4.55. The Bertz CT molecular complexity index is 1060. The number of nitrogens with two attached hydrogens (primary N) is 1. The third-order valence-corrected chi connectivity index (χ3v) is 4.57. The van der Waals surface area contributed by atoms with Gasteiger partial charge in [0.2, 0.25) is 0 Å². The molecule has 1 aliphatic rings. The molecule has 2 aromatic heterocycles. The summed E-state index contributed by atoms with van der Waals surface area (Å²) in [5, 5.41) is 16.9. The van der Waals surface area contributed by atoms with Crippen molar-refractivity contribution in [2.24, 2.45) is 0 Å². The molecule has 0 amide bonds. The SMILES string of the molecule is CCc1c(-c2ccc3c(c2)OCCO3)nc(N)c(C#N)c1-c1cc(C)[nH]n1. The lowest BCUT2D eigenvalue weighted by atomic mass is 9.93. The summed E-state index contributed by atoms with van der Waals surface area (Å²) < 4.78 is 11.3. The van der Waals surface area contributed by atoms with E-state index in [1.807, 2.05) is 38.1 Å². The van der Waals surface area contributed by atoms with Crippen molar-refractivity contribution < 1.29 is 9.47 Å². The minimum Gasteiger partial charge on any atom is -0.486 e. The second-order valence-corrected chi connectivity index (χ2v) is 6.33. The molecule has 0 atom stereocenters. The van der Waals surface area contributed by atoms with Gasteiger partial charge in [-0.2, -0.15) is 10.4 Å². The Balaban J connectivity index is 1.97. The number of hydrogen-bond acceptors (Lipinski definition) is 6. The highest BCUT2D eigenvalue weighted by atomic mass is 16.6. The molecule has 7 heteroatoms. The van der Waals surface area contributed by atoms with Gasteiger partial charge in [0.15, 0.2) is 11.5 Å². The summed E-state index contributed by atoms with van der Waals surface area (Å²) in [7, 11) is 0. The minimum absolute atomic E-state index is 0.190. The first-order chi connectivity index (χ1) is 13.1. The lowest BCUT2D eigenvalue weighted by Gasteiger charge is -2.20. The van der Waals surface area contributed by atoms with Gasteiger partial charge in [-0.3, -0.25) is 5.10 Å². The third-order valence-electron chi connectivity index (χ3n) is 4.57. The molecule has 136 valence electrons. The van der Waals surface area contributed by atoms with Crippen molar-refractivity contribution >= 4 is 5.82 Å². The Hall–Kier alpha value is -3.53. The number of aryl methyl sites for hydroxylation is 1. The Kier molecular flexibility index (Phi) is 4.16. The highest BCUT2D eigenvalue weighted by Gasteiger charge is 2.22. The van der Waals surface area contributed by atoms with Gasteiger partial charge < -0.3 is 15.2 Å². The highest BCUT2D eigenvalue weighted by molar-refractivity contribution is 5.83. The van der Waals surface area contributed by atoms with Gasteiger partial charge in [-0.25, -0.2) is 4.98 Å². The number of rotatable bonds is 3. The average molecular weight is 361 g/mol. The van der Waals surface area contributed by atoms with Crippen molar-refractivity contribution in [3.63, 3.8) is 0 Å². The molecule has 0 fully saturated rings. The maximum Gasteiger partial charge on any atom is 0.162 e. The van der Waals surface area contributed by atoms with Crippen LogP contribution in [-0.4, -0.2) is 28.4 Å². The first kappa shape index (κ1) is 16.9. The Morgan fingerprint density at radius 3 is 2.67 bits per heavy atom. The number of anilines is 1. The molecule has 3 N–H and O–H groups in total. The smallest absolute Gasteiger partial charge is 0.162 e. The lowest BCUT2D eigenvalue weighted by Crippen LogP contribution is -2.15. The number of H-pyrrole nitrogens is 1. The molecule has 3 heterocycles. The third kappa shape index (κ3) is 2.85. The quantitative estimate of drug-likeness (QED) is 0.741. The zero-order valence-electron chi connectivity index (χ0n) is 15.2. The molecule has 0 unspecified atom stereocenters. The van der Waals surface area contributed by atoms with Crippen LogP contribution in [0, 0.1) is 18.3 Å². The van der Waals surface area contributed by atoms with Crippen molar-refractivity contribution in [3.05, 3.63) is 41.1 Å². The first-order valence-corrected chi connectivity index (χ1v) is 8.77. The number of nitriles is 1. The molecule has 0 spiro atoms. The monoisotopic (exact) mass is 361 g/mol. The van der Waals surface area contributed by atoms with Gasteiger partial charge in [-0.1, -0.05) is 6.92 Å². The van der Waals surface area contributed by atoms with Gasteiger partial charge in [0.25, 0.3) is 0 Å². The van der Waals surface area contributed by atoms with Crippen LogP contribution >= 0.6 is 0 Å². The van der Waals surface area contributed by atoms with Gasteiger partial charge in [-0.15, -0.1) is 0 Å². The van der Waals surface area contributed by atoms with Gasteiger partial charge >= 0.3 is 0 Å². The predicted molar refractivity (Wildman–Crippen MR) is 101 cm³/mol. The van der Waals surface area contributed by atoms with Crippen LogP contribution in [0.15, 0.2) is 24.3 Å². The number of nitrogen functional groups attached to an aromatic ring is 1. The molecule has 27 heavy (non-hydrogen) atoms. The summed E-state index contributed by atoms with van der Waals surface area (Å²) in [6.07, 6.45) is 0.674. The number of hydrogen-bond donors (Lipinski definition) is 2. The van der Waals surface area contributed by atoms with Gasteiger partial charge in [-0.05, 0) is 43.2 Å². The average Bonchev–Trinajstić information content (AvgIpc) is 3.12. The molecular weight excluding hydrogens is 342 g/mol. The van der Waals surface area contributed by atoms with E-state index in [-0.39, 0.29) is 5.82 Å². The van der Waals surface area contributed by atoms with Gasteiger partial charge in [0, 0.05) is 16.8 Å². The molecule has 0 aliphatic carbocycles. The van der Waals surface area contributed by atoms with Crippen molar-refractivity contribution in [2.75, 3.05) is 18.9 Å². The lowest BCUT2D eigenvalue weighted by molar-refractivity contribution is 0.171. The Morgan fingerprint density at radius 1 is 1.22 bits per heavy atom. The predicted octanol–water partition coefficient (Wildman–Crippen LogP) is 3.23. The maximum atomic E-state index is 9.66. The molecule has 0 bridgehead atoms. The normalized spacial score (nSPS) is 12.6. The zero-order valence-corrected chi connectivity index (χ0v) is 15.2. The van der Waals surface area contributed by atoms with Gasteiger partial charge in [0.05, 0.1) is 11.4 Å². The van der Waals surface area contributed by atoms with E-state index in [1.54, 1.807) is 0 Å². The van der Waals surface area contributed by atoms with Crippen molar-refractivity contribution in [3.8, 4) is 40.1 Å². The molecule has 0 saturated carbocycles. The van der Waals surface area contributed by atoms with E-state index in [2.05, 4.69) is 21.3 Å². The van der Waals surface area contributed by atoms with Crippen LogP contribution in [0.2, 0.25) is 0 Å². The van der Waals surface area contributed by atoms with Crippen LogP contribution in [0.3, 0.4) is 0 Å². The minimum atomic E-state index is 0.190. The van der Waals surface area contributed by atoms with Crippen LogP contribution < -0.4 is 15.2 Å². The fraction of sp³-hybridized carbons (Fsp3) is 0.250. The van der Waals surface area contributed by atoms with Crippen molar-refractivity contribution in [1.82, 2.24) is 15.2 Å². The fourth-order valence-corrected chi connectivity index (χ4v) is 3.36. The van der Waals surface area contributed by atoms with E-state index in [0.717, 1.165) is 28.1 Å². The Labute approximate surface area is 156 Å². The summed E-state index contributed by atoms with van der Waals surface area (Å²) in [5.41, 5.74) is 11.3. The molecule has 0 radical (unpaired) electrons. The molecule has 1 aromatic carbocycles. The van der Waals surface area contributed by atoms with E-state index in [4.69, 9.17) is 15.2 Å². The molecular formula is C20H19N5O2. The van der Waals surface area contributed by atoms with Crippen LogP contribution in [0.4, 0.5) is 5.82 Å². The number of nitrogens with one attached hydrogen (secondary N) is 1. The first-order valence-electron chi connectivity index (χ1n) is 8.77. The number of pyridine rings is 1. The zero-order chi connectivity index (χ0) is 19.0. The van der Waals surface area contributed by atoms with E-state index >= 15 is 0 Å². The molecule has 0 saturated heterocycles. The Morgan fingerprint density at radius 2 is 2.00 bits per heavy atom. The van der Waals surface area contributed by atoms with Crippen LogP contribution in [-0.2, 0) is 6.42 Å². The standard InChI is InChI=1S/C20H19N5O2/c1-3-13-18(15-8-11(2)24-25-15)14(10-21)20(22)23-19(13)12-4-5-16-17(9-12)27-7-6-26-16/h4-5,8-9H,3,6-7H2,1-2H3,(H2,22,23)(H,24,25). The van der Waals surface area contributed by atoms with Crippen LogP contribution in [0.5, 0.6) is 11.5 Å². The summed E-state index contributed by atoms with van der Waals surface area (Å²) in [5.74, 6) is 1.59. The summed E-state index contributed by atoms with van der Waals surface area (Å²) in [6, 6.07) is 9.80. The maximum absolute atomic E-state index is 9.66. The number of fused-ring (bicyclic) bond motifs is 1. The van der Waals surface area contributed by atoms with E-state index in [1.165, 1.54) is 0 Å². The number of nitrogens with zero attached hydrogens (tertiary/aromatic N) is 3. The summed E-state index contributed by atoms with van der Waals surface area (Å²) >= 11 is 0. The molecule has 7 nitrogen and oxygen atoms in total. The summed E-state index contributed by atoms with van der Waals surface area (Å²) in [6.45, 7) is 4.99. The van der Waals surface area contributed by atoms with Crippen molar-refractivity contribution in [2.45, 2.75) is 20.3 Å². The van der Waals surface area contributed by atoms with Crippen LogP contribution in [0.1, 0.15) is 23.7 Å². The number of benzene rings is 1. The topological polar surface area (TPSA) is 110 Å². The number of aromatic amines is 1. The second-order valence-electron chi connectivity index (χ2n) is 6.33. The largest absolute Gasteiger partial charge is 0.486 e. The fourth-order valence-electron chi connectivity index (χ4n) is 3.36. The van der Waals surface area contributed by atoms with E-state index in [0.29, 0.717) is 42.4 Å².